The third-order valence-electron chi connectivity index (χ3n) is 3.27. The summed E-state index contributed by atoms with van der Waals surface area (Å²) in [5.41, 5.74) is 0. The van der Waals surface area contributed by atoms with E-state index in [1.54, 1.807) is 0 Å². The predicted molar refractivity (Wildman–Crippen MR) is 142 cm³/mol. The van der Waals surface area contributed by atoms with Gasteiger partial charge in [-0.25, -0.2) is 0 Å². The van der Waals surface area contributed by atoms with Crippen molar-refractivity contribution in [3.63, 3.8) is 0 Å². The minimum atomic E-state index is 0.833. The second kappa shape index (κ2) is 37.7. The molecule has 0 radical (unpaired) electrons. The average Bonchev–Trinajstić information content (AvgIpc) is 2.55. The second-order valence-corrected chi connectivity index (χ2v) is 10.7. The van der Waals surface area contributed by atoms with E-state index < -0.39 is 0 Å². The quantitative estimate of drug-likeness (QED) is 0.437. The minimum absolute atomic E-state index is 0.833. The van der Waals surface area contributed by atoms with Crippen molar-refractivity contribution in [2.24, 2.45) is 35.5 Å². The molecule has 28 heavy (non-hydrogen) atoms. The van der Waals surface area contributed by atoms with E-state index in [2.05, 4.69) is 125 Å². The van der Waals surface area contributed by atoms with Crippen molar-refractivity contribution in [3.05, 3.63) is 0 Å². The first kappa shape index (κ1) is 42.2. The molecule has 0 rings (SSSR count). The summed E-state index contributed by atoms with van der Waals surface area (Å²) < 4.78 is 0. The third kappa shape index (κ3) is 254. The molecule has 0 heteroatoms. The van der Waals surface area contributed by atoms with Crippen molar-refractivity contribution in [3.8, 4) is 0 Å². The molecule has 0 aliphatic carbocycles. The number of hydrogen-bond acceptors (Lipinski definition) is 0. The molecule has 0 aromatic carbocycles. The zero-order chi connectivity index (χ0) is 24.3. The van der Waals surface area contributed by atoms with Crippen LogP contribution in [0.1, 0.15) is 150 Å². The zero-order valence-corrected chi connectivity index (χ0v) is 24.3. The summed E-state index contributed by atoms with van der Waals surface area (Å²) in [6, 6.07) is 0. The van der Waals surface area contributed by atoms with Gasteiger partial charge in [0.2, 0.25) is 0 Å². The number of hydrogen-bond donors (Lipinski definition) is 0. The molecule has 0 nitrogen and oxygen atoms in total. The molecule has 0 atom stereocenters. The lowest BCUT2D eigenvalue weighted by atomic mass is 10.2. The highest BCUT2D eigenvalue weighted by Gasteiger charge is 1.81. The number of rotatable bonds is 4. The maximum absolute atomic E-state index is 2.22. The fourth-order valence-corrected chi connectivity index (χ4v) is 0. The van der Waals surface area contributed by atoms with E-state index in [9.17, 15) is 0 Å². The van der Waals surface area contributed by atoms with Gasteiger partial charge in [0.25, 0.3) is 0 Å². The highest BCUT2D eigenvalue weighted by atomic mass is 13.9. The Morgan fingerprint density at radius 3 is 0.321 bits per heavy atom. The Labute approximate surface area is 186 Å². The maximum Gasteiger partial charge on any atom is -0.0474 e. The van der Waals surface area contributed by atoms with Gasteiger partial charge in [0.1, 0.15) is 0 Å². The molecule has 0 bridgehead atoms. The van der Waals surface area contributed by atoms with Gasteiger partial charge in [0.05, 0.1) is 0 Å². The molecule has 0 aromatic heterocycles. The van der Waals surface area contributed by atoms with Gasteiger partial charge in [-0.15, -0.1) is 0 Å². The first-order valence-corrected chi connectivity index (χ1v) is 12.5. The molecule has 0 spiro atoms. The van der Waals surface area contributed by atoms with E-state index in [0.717, 1.165) is 35.5 Å². The first-order valence-electron chi connectivity index (χ1n) is 12.5. The van der Waals surface area contributed by atoms with Crippen molar-refractivity contribution < 1.29 is 0 Å². The Kier molecular flexibility index (Phi) is 56.8. The lowest BCUT2D eigenvalue weighted by molar-refractivity contribution is 0.626. The summed E-state index contributed by atoms with van der Waals surface area (Å²) in [4.78, 5) is 0. The van der Waals surface area contributed by atoms with Crippen molar-refractivity contribution in [1.82, 2.24) is 0 Å². The van der Waals surface area contributed by atoms with Gasteiger partial charge in [-0.1, -0.05) is 150 Å². The zero-order valence-electron chi connectivity index (χ0n) is 24.3. The maximum atomic E-state index is 2.22. The molecule has 0 aromatic rings. The summed E-state index contributed by atoms with van der Waals surface area (Å²) in [6.45, 7) is 39.6. The summed E-state index contributed by atoms with van der Waals surface area (Å²) in [5, 5.41) is 0. The van der Waals surface area contributed by atoms with E-state index in [4.69, 9.17) is 0 Å². The lowest BCUT2D eigenvalue weighted by Crippen LogP contribution is -1.77. The van der Waals surface area contributed by atoms with Gasteiger partial charge in [-0.2, -0.15) is 0 Å². The van der Waals surface area contributed by atoms with Crippen LogP contribution in [0.25, 0.3) is 0 Å². The highest BCUT2D eigenvalue weighted by molar-refractivity contribution is 4.34. The molecule has 0 fully saturated rings. The van der Waals surface area contributed by atoms with Gasteiger partial charge in [0, 0.05) is 0 Å². The molecule has 0 unspecified atom stereocenters. The Balaban J connectivity index is -0.0000000520. The normalized spacial score (nSPS) is 9.43. The molecule has 0 heterocycles. The summed E-state index contributed by atoms with van der Waals surface area (Å²) in [5.74, 6) is 5.20. The van der Waals surface area contributed by atoms with E-state index in [0.29, 0.717) is 0 Å². The molecule has 0 amide bonds. The highest BCUT2D eigenvalue weighted by Crippen LogP contribution is 1.95. The molecule has 0 N–H and O–H groups in total. The van der Waals surface area contributed by atoms with Crippen molar-refractivity contribution >= 4 is 0 Å². The first-order chi connectivity index (χ1) is 12.5. The van der Waals surface area contributed by atoms with Crippen LogP contribution in [0.3, 0.4) is 0 Å². The van der Waals surface area contributed by atoms with Gasteiger partial charge in [0.15, 0.2) is 0 Å². The lowest BCUT2D eigenvalue weighted by Gasteiger charge is -1.90. The largest absolute Gasteiger partial charge is 0.0651 e. The predicted octanol–water partition coefficient (Wildman–Crippen LogP) is 11.5. The van der Waals surface area contributed by atoms with Gasteiger partial charge >= 0.3 is 0 Å². The topological polar surface area (TPSA) is 0 Å². The van der Waals surface area contributed by atoms with Crippen LogP contribution in [0.4, 0.5) is 0 Å². The Bertz CT molecular complexity index is 141. The SMILES string of the molecule is CC(C)C.CC(C)C.CCC(C)C.CCC(C)C.CCC(C)C.CCC(C)C. The van der Waals surface area contributed by atoms with Crippen molar-refractivity contribution in [2.45, 2.75) is 150 Å². The molecule has 180 valence electrons. The molecule has 0 aliphatic rings. The van der Waals surface area contributed by atoms with Crippen LogP contribution in [-0.2, 0) is 0 Å². The van der Waals surface area contributed by atoms with Gasteiger partial charge in [-0.05, 0) is 35.5 Å². The molecule has 0 saturated carbocycles. The average molecular weight is 405 g/mol. The van der Waals surface area contributed by atoms with Crippen LogP contribution >= 0.6 is 0 Å². The Morgan fingerprint density at radius 1 is 0.286 bits per heavy atom. The minimum Gasteiger partial charge on any atom is -0.0651 e. The molecular weight excluding hydrogens is 336 g/mol. The van der Waals surface area contributed by atoms with Crippen LogP contribution in [0.15, 0.2) is 0 Å². The monoisotopic (exact) mass is 405 g/mol. The third-order valence-corrected chi connectivity index (χ3v) is 3.27. The van der Waals surface area contributed by atoms with Crippen LogP contribution in [0.2, 0.25) is 0 Å². The van der Waals surface area contributed by atoms with E-state index in [1.165, 1.54) is 25.7 Å². The summed E-state index contributed by atoms with van der Waals surface area (Å²) in [7, 11) is 0. The molecule has 0 saturated heterocycles. The summed E-state index contributed by atoms with van der Waals surface area (Å²) in [6.07, 6.45) is 5.22. The van der Waals surface area contributed by atoms with Crippen molar-refractivity contribution in [1.29, 1.82) is 0 Å². The van der Waals surface area contributed by atoms with Crippen LogP contribution in [0.5, 0.6) is 0 Å². The molecule has 0 aliphatic heterocycles. The van der Waals surface area contributed by atoms with E-state index >= 15 is 0 Å². The Morgan fingerprint density at radius 2 is 0.321 bits per heavy atom. The smallest absolute Gasteiger partial charge is 0.0474 e. The van der Waals surface area contributed by atoms with Crippen LogP contribution in [-0.4, -0.2) is 0 Å². The molecular formula is C28H68. The second-order valence-electron chi connectivity index (χ2n) is 10.7. The van der Waals surface area contributed by atoms with Gasteiger partial charge < -0.3 is 0 Å². The van der Waals surface area contributed by atoms with Crippen molar-refractivity contribution in [2.75, 3.05) is 0 Å². The van der Waals surface area contributed by atoms with Crippen LogP contribution < -0.4 is 0 Å². The van der Waals surface area contributed by atoms with Crippen LogP contribution in [0, 0.1) is 35.5 Å². The van der Waals surface area contributed by atoms with E-state index in [1.807, 2.05) is 0 Å². The fourth-order valence-electron chi connectivity index (χ4n) is 0. The fraction of sp³-hybridized carbons (Fsp3) is 1.00. The van der Waals surface area contributed by atoms with Gasteiger partial charge in [-0.3, -0.25) is 0 Å². The Hall–Kier alpha value is 0. The standard InChI is InChI=1S/4C5H12.2C4H10/c4*1-4-5(2)3;2*1-4(2)3/h4*5H,4H2,1-3H3;2*4H,1-3H3. The summed E-state index contributed by atoms with van der Waals surface area (Å²) >= 11 is 0. The van der Waals surface area contributed by atoms with E-state index in [-0.39, 0.29) is 0 Å².